The van der Waals surface area contributed by atoms with E-state index in [1.807, 2.05) is 45.0 Å². The molecule has 11 heteroatoms. The van der Waals surface area contributed by atoms with Crippen LogP contribution >= 0.6 is 15.9 Å². The lowest BCUT2D eigenvalue weighted by Crippen LogP contribution is -2.54. The van der Waals surface area contributed by atoms with Gasteiger partial charge < -0.3 is 19.7 Å². The predicted molar refractivity (Wildman–Crippen MR) is 160 cm³/mol. The van der Waals surface area contributed by atoms with Crippen molar-refractivity contribution < 1.29 is 27.5 Å². The molecule has 0 aliphatic carbocycles. The highest BCUT2D eigenvalue weighted by atomic mass is 79.9. The second-order valence-electron chi connectivity index (χ2n) is 10.7. The first-order chi connectivity index (χ1) is 19.3. The van der Waals surface area contributed by atoms with Crippen LogP contribution in [0.15, 0.2) is 82.2 Å². The summed E-state index contributed by atoms with van der Waals surface area (Å²) in [5, 5.41) is 2.92. The monoisotopic (exact) mass is 643 g/mol. The number of nitrogens with zero attached hydrogens (tertiary/aromatic N) is 2. The van der Waals surface area contributed by atoms with Gasteiger partial charge in [0.25, 0.3) is 10.0 Å². The van der Waals surface area contributed by atoms with Gasteiger partial charge in [-0.2, -0.15) is 0 Å². The number of benzene rings is 3. The summed E-state index contributed by atoms with van der Waals surface area (Å²) in [6, 6.07) is 19.2. The van der Waals surface area contributed by atoms with Crippen LogP contribution < -0.4 is 19.1 Å². The summed E-state index contributed by atoms with van der Waals surface area (Å²) in [5.74, 6) is -0.0147. The molecule has 1 aliphatic heterocycles. The van der Waals surface area contributed by atoms with Gasteiger partial charge in [0.05, 0.1) is 10.6 Å². The fourth-order valence-corrected chi connectivity index (χ4v) is 6.20. The zero-order valence-electron chi connectivity index (χ0n) is 23.5. The molecule has 0 bridgehead atoms. The minimum atomic E-state index is -4.18. The predicted octanol–water partition coefficient (Wildman–Crippen LogP) is 4.75. The highest BCUT2D eigenvalue weighted by Gasteiger charge is 2.34. The number of hydrogen-bond donors (Lipinski definition) is 1. The van der Waals surface area contributed by atoms with E-state index in [1.165, 1.54) is 17.0 Å². The zero-order valence-corrected chi connectivity index (χ0v) is 25.9. The van der Waals surface area contributed by atoms with Crippen LogP contribution in [0.2, 0.25) is 0 Å². The molecule has 1 N–H and O–H groups in total. The van der Waals surface area contributed by atoms with Crippen molar-refractivity contribution >= 4 is 43.5 Å². The van der Waals surface area contributed by atoms with E-state index in [9.17, 15) is 18.0 Å². The Bertz CT molecular complexity index is 1510. The van der Waals surface area contributed by atoms with E-state index < -0.39 is 34.1 Å². The first-order valence-electron chi connectivity index (χ1n) is 13.2. The van der Waals surface area contributed by atoms with Gasteiger partial charge in [-0.25, -0.2) is 8.42 Å². The molecule has 1 unspecified atom stereocenters. The lowest BCUT2D eigenvalue weighted by Gasteiger charge is -2.33. The summed E-state index contributed by atoms with van der Waals surface area (Å²) in [6.07, 6.45) is 0. The Morgan fingerprint density at radius 2 is 1.63 bits per heavy atom. The number of rotatable bonds is 9. The average molecular weight is 645 g/mol. The van der Waals surface area contributed by atoms with Crippen LogP contribution in [0.1, 0.15) is 33.3 Å². The molecule has 0 saturated carbocycles. The summed E-state index contributed by atoms with van der Waals surface area (Å²) >= 11 is 3.46. The molecule has 9 nitrogen and oxygen atoms in total. The quantitative estimate of drug-likeness (QED) is 0.361. The topological polar surface area (TPSA) is 105 Å². The summed E-state index contributed by atoms with van der Waals surface area (Å²) in [7, 11) is -4.18. The molecule has 218 valence electrons. The van der Waals surface area contributed by atoms with Gasteiger partial charge in [0, 0.05) is 22.6 Å². The fourth-order valence-electron chi connectivity index (χ4n) is 4.32. The Morgan fingerprint density at radius 1 is 0.951 bits per heavy atom. The Labute approximate surface area is 249 Å². The van der Waals surface area contributed by atoms with E-state index in [1.54, 1.807) is 43.3 Å². The molecule has 0 fully saturated rings. The maximum Gasteiger partial charge on any atom is 0.264 e. The molecule has 0 saturated heterocycles. The number of amides is 2. The first-order valence-corrected chi connectivity index (χ1v) is 15.4. The summed E-state index contributed by atoms with van der Waals surface area (Å²) in [4.78, 5) is 28.7. The molecular weight excluding hydrogens is 610 g/mol. The number of fused-ring (bicyclic) bond motifs is 1. The third kappa shape index (κ3) is 7.59. The van der Waals surface area contributed by atoms with Gasteiger partial charge in [-0.15, -0.1) is 0 Å². The third-order valence-corrected chi connectivity index (χ3v) is 8.61. The molecule has 0 radical (unpaired) electrons. The van der Waals surface area contributed by atoms with Crippen LogP contribution in [0.25, 0.3) is 0 Å². The van der Waals surface area contributed by atoms with Crippen molar-refractivity contribution in [2.45, 2.75) is 50.7 Å². The Hall–Kier alpha value is -3.57. The molecule has 1 aliphatic rings. The lowest BCUT2D eigenvalue weighted by molar-refractivity contribution is -0.140. The third-order valence-electron chi connectivity index (χ3n) is 6.33. The van der Waals surface area contributed by atoms with Gasteiger partial charge in [0.2, 0.25) is 11.8 Å². The second kappa shape index (κ2) is 12.5. The number of nitrogens with one attached hydrogen (secondary N) is 1. The molecule has 2 amide bonds. The second-order valence-corrected chi connectivity index (χ2v) is 13.5. The first kappa shape index (κ1) is 30.4. The fraction of sp³-hybridized carbons (Fsp3) is 0.333. The van der Waals surface area contributed by atoms with Gasteiger partial charge in [0.1, 0.15) is 25.8 Å². The largest absolute Gasteiger partial charge is 0.486 e. The average Bonchev–Trinajstić information content (AvgIpc) is 2.93. The van der Waals surface area contributed by atoms with Gasteiger partial charge in [-0.1, -0.05) is 46.3 Å². The number of ether oxygens (including phenoxy) is 2. The summed E-state index contributed by atoms with van der Waals surface area (Å²) < 4.78 is 41.1. The number of sulfonamides is 1. The van der Waals surface area contributed by atoms with Crippen LogP contribution in [0.3, 0.4) is 0 Å². The number of carbonyl (C=O) groups is 2. The van der Waals surface area contributed by atoms with Crippen LogP contribution in [0.5, 0.6) is 11.5 Å². The van der Waals surface area contributed by atoms with Crippen molar-refractivity contribution in [2.75, 3.05) is 24.1 Å². The van der Waals surface area contributed by atoms with Crippen LogP contribution in [0, 0.1) is 0 Å². The van der Waals surface area contributed by atoms with Crippen molar-refractivity contribution in [3.8, 4) is 11.5 Å². The Balaban J connectivity index is 1.74. The molecule has 0 spiro atoms. The van der Waals surface area contributed by atoms with E-state index in [-0.39, 0.29) is 23.0 Å². The van der Waals surface area contributed by atoms with E-state index >= 15 is 0 Å². The van der Waals surface area contributed by atoms with Crippen molar-refractivity contribution in [1.29, 1.82) is 0 Å². The van der Waals surface area contributed by atoms with Crippen molar-refractivity contribution in [3.05, 3.63) is 82.8 Å². The maximum absolute atomic E-state index is 14.1. The van der Waals surface area contributed by atoms with E-state index in [0.717, 1.165) is 14.3 Å². The van der Waals surface area contributed by atoms with Gasteiger partial charge in [0.15, 0.2) is 11.5 Å². The molecule has 0 aromatic heterocycles. The molecule has 1 atom stereocenters. The van der Waals surface area contributed by atoms with Crippen molar-refractivity contribution in [3.63, 3.8) is 0 Å². The Morgan fingerprint density at radius 3 is 2.29 bits per heavy atom. The van der Waals surface area contributed by atoms with Crippen LogP contribution in [-0.2, 0) is 26.2 Å². The highest BCUT2D eigenvalue weighted by molar-refractivity contribution is 9.10. The minimum Gasteiger partial charge on any atom is -0.486 e. The highest BCUT2D eigenvalue weighted by Crippen LogP contribution is 2.36. The van der Waals surface area contributed by atoms with Crippen molar-refractivity contribution in [1.82, 2.24) is 10.2 Å². The van der Waals surface area contributed by atoms with Gasteiger partial charge in [-0.05, 0) is 69.7 Å². The molecule has 4 rings (SSSR count). The van der Waals surface area contributed by atoms with Gasteiger partial charge in [-0.3, -0.25) is 13.9 Å². The summed E-state index contributed by atoms with van der Waals surface area (Å²) in [5.41, 5.74) is 0.490. The van der Waals surface area contributed by atoms with Crippen LogP contribution in [-0.4, -0.2) is 56.5 Å². The standard InChI is InChI=1S/C30H34BrN3O6S/c1-21(29(36)32-30(2,3)4)33(19-22-9-8-10-23(31)17-22)28(35)20-34(41(37,38)25-11-6-5-7-12-25)24-13-14-26-27(18-24)40-16-15-39-26/h5-14,17-18,21H,15-16,19-20H2,1-4H3,(H,32,36). The number of carbonyl (C=O) groups excluding carboxylic acids is 2. The SMILES string of the molecule is CC(C(=O)NC(C)(C)C)N(Cc1cccc(Br)c1)C(=O)CN(c1ccc2c(c1)OCCO2)S(=O)(=O)c1ccccc1. The molecule has 41 heavy (non-hydrogen) atoms. The Kier molecular flexibility index (Phi) is 9.28. The molecular formula is C30H34BrN3O6S. The van der Waals surface area contributed by atoms with E-state index in [0.29, 0.717) is 24.7 Å². The maximum atomic E-state index is 14.1. The smallest absolute Gasteiger partial charge is 0.264 e. The molecule has 3 aromatic carbocycles. The number of anilines is 1. The zero-order chi connectivity index (χ0) is 29.8. The van der Waals surface area contributed by atoms with Crippen molar-refractivity contribution in [2.24, 2.45) is 0 Å². The van der Waals surface area contributed by atoms with Gasteiger partial charge >= 0.3 is 0 Å². The minimum absolute atomic E-state index is 0.0275. The normalized spacial score (nSPS) is 13.7. The summed E-state index contributed by atoms with van der Waals surface area (Å²) in [6.45, 7) is 7.46. The van der Waals surface area contributed by atoms with E-state index in [2.05, 4.69) is 21.2 Å². The van der Waals surface area contributed by atoms with Crippen LogP contribution in [0.4, 0.5) is 5.69 Å². The van der Waals surface area contributed by atoms with E-state index in [4.69, 9.17) is 9.47 Å². The number of halogens is 1. The lowest BCUT2D eigenvalue weighted by atomic mass is 10.1. The molecule has 3 aromatic rings. The molecule has 1 heterocycles. The number of hydrogen-bond acceptors (Lipinski definition) is 6.